The molecule has 86 valence electrons. The van der Waals surface area contributed by atoms with Gasteiger partial charge >= 0.3 is 0 Å². The Balaban J connectivity index is 1.74. The molecule has 3 heteroatoms. The maximum Gasteiger partial charge on any atom is 0.223 e. The van der Waals surface area contributed by atoms with E-state index in [0.29, 0.717) is 22.7 Å². The third-order valence-electron chi connectivity index (χ3n) is 3.78. The molecule has 0 aromatic carbocycles. The summed E-state index contributed by atoms with van der Waals surface area (Å²) >= 11 is 3.51. The minimum absolute atomic E-state index is 0.299. The Bertz CT molecular complexity index is 244. The van der Waals surface area contributed by atoms with Gasteiger partial charge in [-0.05, 0) is 38.0 Å². The number of amides is 1. The van der Waals surface area contributed by atoms with Gasteiger partial charge in [-0.15, -0.1) is 0 Å². The Kier molecular flexibility index (Phi) is 3.39. The molecular weight excluding hydrogens is 254 g/mol. The molecule has 0 spiro atoms. The highest BCUT2D eigenvalue weighted by Crippen LogP contribution is 2.57. The third-order valence-corrected chi connectivity index (χ3v) is 4.15. The predicted octanol–water partition coefficient (Wildman–Crippen LogP) is 2.71. The molecule has 4 atom stereocenters. The van der Waals surface area contributed by atoms with Gasteiger partial charge in [0.05, 0.1) is 0 Å². The lowest BCUT2D eigenvalue weighted by Gasteiger charge is -2.15. The number of carbonyl (C=O) groups excluding carboxylic acids is 1. The lowest BCUT2D eigenvalue weighted by atomic mass is 10.1. The van der Waals surface area contributed by atoms with Crippen molar-refractivity contribution in [3.63, 3.8) is 0 Å². The largest absolute Gasteiger partial charge is 0.353 e. The van der Waals surface area contributed by atoms with Crippen LogP contribution < -0.4 is 5.32 Å². The van der Waals surface area contributed by atoms with Crippen molar-refractivity contribution in [2.75, 3.05) is 0 Å². The fourth-order valence-corrected chi connectivity index (χ4v) is 3.66. The zero-order chi connectivity index (χ0) is 11.0. The molecule has 1 amide bonds. The van der Waals surface area contributed by atoms with Gasteiger partial charge in [-0.1, -0.05) is 29.3 Å². The average Bonchev–Trinajstić information content (AvgIpc) is 2.59. The summed E-state index contributed by atoms with van der Waals surface area (Å²) in [4.78, 5) is 12.4. The van der Waals surface area contributed by atoms with Crippen LogP contribution in [0.5, 0.6) is 0 Å². The van der Waals surface area contributed by atoms with E-state index in [2.05, 4.69) is 35.1 Å². The lowest BCUT2D eigenvalue weighted by Crippen LogP contribution is -2.35. The molecule has 2 nitrogen and oxygen atoms in total. The summed E-state index contributed by atoms with van der Waals surface area (Å²) in [5, 5.41) is 3.13. The van der Waals surface area contributed by atoms with Crippen molar-refractivity contribution in [1.82, 2.24) is 5.32 Å². The number of carbonyl (C=O) groups is 1. The van der Waals surface area contributed by atoms with Crippen molar-refractivity contribution in [2.24, 2.45) is 17.8 Å². The molecule has 0 aromatic rings. The summed E-state index contributed by atoms with van der Waals surface area (Å²) in [6, 6.07) is 0.299. The molecule has 0 aliphatic heterocycles. The van der Waals surface area contributed by atoms with Crippen LogP contribution in [0.15, 0.2) is 0 Å². The number of nitrogens with one attached hydrogen (secondary N) is 1. The average molecular weight is 274 g/mol. The topological polar surface area (TPSA) is 29.1 Å². The van der Waals surface area contributed by atoms with E-state index in [-0.39, 0.29) is 0 Å². The van der Waals surface area contributed by atoms with Crippen molar-refractivity contribution in [3.8, 4) is 0 Å². The molecule has 2 rings (SSSR count). The second-order valence-corrected chi connectivity index (χ2v) is 6.77. The Labute approximate surface area is 100 Å². The monoisotopic (exact) mass is 273 g/mol. The van der Waals surface area contributed by atoms with Gasteiger partial charge in [-0.25, -0.2) is 0 Å². The highest BCUT2D eigenvalue weighted by atomic mass is 79.9. The number of rotatable bonds is 4. The van der Waals surface area contributed by atoms with Gasteiger partial charge in [0.25, 0.3) is 0 Å². The second kappa shape index (κ2) is 4.44. The van der Waals surface area contributed by atoms with Crippen molar-refractivity contribution < 1.29 is 4.79 Å². The molecule has 0 saturated heterocycles. The van der Waals surface area contributed by atoms with Crippen LogP contribution in [0.2, 0.25) is 0 Å². The standard InChI is InChI=1S/C12H20BrNO/c1-7(13)6-8(2)14-12(15)11-9-4-3-5-10(9)11/h7-11H,3-6H2,1-2H3,(H,14,15). The lowest BCUT2D eigenvalue weighted by molar-refractivity contribution is -0.123. The Hall–Kier alpha value is -0.0500. The predicted molar refractivity (Wildman–Crippen MR) is 64.9 cm³/mol. The van der Waals surface area contributed by atoms with Crippen molar-refractivity contribution in [1.29, 1.82) is 0 Å². The van der Waals surface area contributed by atoms with Crippen LogP contribution in [0.4, 0.5) is 0 Å². The molecular formula is C12H20BrNO. The minimum atomic E-state index is 0.299. The molecule has 1 N–H and O–H groups in total. The zero-order valence-electron chi connectivity index (χ0n) is 9.50. The summed E-state index contributed by atoms with van der Waals surface area (Å²) < 4.78 is 0. The maximum absolute atomic E-state index is 11.9. The van der Waals surface area contributed by atoms with Crippen LogP contribution in [0.25, 0.3) is 0 Å². The fraction of sp³-hybridized carbons (Fsp3) is 0.917. The molecule has 4 unspecified atom stereocenters. The van der Waals surface area contributed by atoms with E-state index in [0.717, 1.165) is 18.3 Å². The smallest absolute Gasteiger partial charge is 0.223 e. The maximum atomic E-state index is 11.9. The number of hydrogen-bond donors (Lipinski definition) is 1. The number of hydrogen-bond acceptors (Lipinski definition) is 1. The summed E-state index contributed by atoms with van der Waals surface area (Å²) in [7, 11) is 0. The van der Waals surface area contributed by atoms with Gasteiger partial charge in [0.2, 0.25) is 5.91 Å². The van der Waals surface area contributed by atoms with E-state index in [9.17, 15) is 4.79 Å². The first-order valence-corrected chi connectivity index (χ1v) is 6.95. The number of halogens is 1. The van der Waals surface area contributed by atoms with Crippen molar-refractivity contribution >= 4 is 21.8 Å². The van der Waals surface area contributed by atoms with Crippen LogP contribution in [0, 0.1) is 17.8 Å². The van der Waals surface area contributed by atoms with Gasteiger partial charge in [0.15, 0.2) is 0 Å². The Morgan fingerprint density at radius 3 is 2.53 bits per heavy atom. The molecule has 0 bridgehead atoms. The summed E-state index contributed by atoms with van der Waals surface area (Å²) in [6.07, 6.45) is 4.92. The molecule has 2 aliphatic carbocycles. The SMILES string of the molecule is CC(Br)CC(C)NC(=O)C1C2CCCC21. The first kappa shape index (κ1) is 11.4. The normalized spacial score (nSPS) is 36.9. The van der Waals surface area contributed by atoms with Crippen LogP contribution in [-0.4, -0.2) is 16.8 Å². The van der Waals surface area contributed by atoms with E-state index in [1.54, 1.807) is 0 Å². The van der Waals surface area contributed by atoms with Gasteiger partial charge in [0, 0.05) is 16.8 Å². The first-order valence-electron chi connectivity index (χ1n) is 6.04. The number of fused-ring (bicyclic) bond motifs is 1. The highest BCUT2D eigenvalue weighted by molar-refractivity contribution is 9.09. The van der Waals surface area contributed by atoms with Crippen LogP contribution in [-0.2, 0) is 4.79 Å². The Morgan fingerprint density at radius 1 is 1.40 bits per heavy atom. The van der Waals surface area contributed by atoms with Gasteiger partial charge in [-0.2, -0.15) is 0 Å². The van der Waals surface area contributed by atoms with Gasteiger partial charge in [-0.3, -0.25) is 4.79 Å². The van der Waals surface area contributed by atoms with E-state index in [4.69, 9.17) is 0 Å². The quantitative estimate of drug-likeness (QED) is 0.785. The molecule has 0 radical (unpaired) electrons. The van der Waals surface area contributed by atoms with E-state index in [1.807, 2.05) is 0 Å². The van der Waals surface area contributed by atoms with Crippen molar-refractivity contribution in [3.05, 3.63) is 0 Å². The highest BCUT2D eigenvalue weighted by Gasteiger charge is 2.56. The van der Waals surface area contributed by atoms with Gasteiger partial charge < -0.3 is 5.32 Å². The summed E-state index contributed by atoms with van der Waals surface area (Å²) in [5.41, 5.74) is 0. The molecule has 2 aliphatic rings. The summed E-state index contributed by atoms with van der Waals surface area (Å²) in [6.45, 7) is 4.21. The second-order valence-electron chi connectivity index (χ2n) is 5.21. The fourth-order valence-electron chi connectivity index (χ4n) is 3.10. The van der Waals surface area contributed by atoms with E-state index < -0.39 is 0 Å². The zero-order valence-corrected chi connectivity index (χ0v) is 11.1. The van der Waals surface area contributed by atoms with Gasteiger partial charge in [0.1, 0.15) is 0 Å². The third kappa shape index (κ3) is 2.55. The van der Waals surface area contributed by atoms with Crippen molar-refractivity contribution in [2.45, 2.75) is 50.4 Å². The molecule has 2 saturated carbocycles. The first-order chi connectivity index (χ1) is 7.09. The van der Waals surface area contributed by atoms with Crippen LogP contribution >= 0.6 is 15.9 Å². The molecule has 2 fully saturated rings. The summed E-state index contributed by atoms with van der Waals surface area (Å²) in [5.74, 6) is 2.15. The van der Waals surface area contributed by atoms with E-state index >= 15 is 0 Å². The van der Waals surface area contributed by atoms with Crippen LogP contribution in [0.3, 0.4) is 0 Å². The van der Waals surface area contributed by atoms with E-state index in [1.165, 1.54) is 19.3 Å². The Morgan fingerprint density at radius 2 is 2.00 bits per heavy atom. The molecule has 0 heterocycles. The number of alkyl halides is 1. The minimum Gasteiger partial charge on any atom is -0.353 e. The molecule has 0 aromatic heterocycles. The molecule has 15 heavy (non-hydrogen) atoms. The van der Waals surface area contributed by atoms with Crippen LogP contribution in [0.1, 0.15) is 39.5 Å².